The Hall–Kier alpha value is -3.74. The van der Waals surface area contributed by atoms with Crippen molar-refractivity contribution >= 4 is 33.6 Å². The lowest BCUT2D eigenvalue weighted by atomic mass is 9.83. The quantitative estimate of drug-likeness (QED) is 0.376. The Morgan fingerprint density at radius 3 is 2.76 bits per heavy atom. The highest BCUT2D eigenvalue weighted by Crippen LogP contribution is 2.32. The first-order chi connectivity index (χ1) is 16.6. The van der Waals surface area contributed by atoms with Gasteiger partial charge in [0.15, 0.2) is 0 Å². The fraction of sp³-hybridized carbons (Fsp3) is 0.333. The lowest BCUT2D eigenvalue weighted by Gasteiger charge is -2.30. The SMILES string of the molecule is O=C(CCC1(Cc2cccc3ccccc23)CCC(=O)N1)NCCCn1nnc2ccccc21. The Morgan fingerprint density at radius 2 is 1.88 bits per heavy atom. The molecule has 174 valence electrons. The molecule has 7 nitrogen and oxygen atoms in total. The van der Waals surface area contributed by atoms with Crippen molar-refractivity contribution in [1.82, 2.24) is 25.6 Å². The molecule has 3 aromatic carbocycles. The highest BCUT2D eigenvalue weighted by atomic mass is 16.2. The first kappa shape index (κ1) is 22.1. The molecule has 1 aromatic heterocycles. The highest BCUT2D eigenvalue weighted by Gasteiger charge is 2.38. The van der Waals surface area contributed by atoms with Crippen molar-refractivity contribution in [3.05, 3.63) is 72.3 Å². The molecule has 4 aromatic rings. The van der Waals surface area contributed by atoms with Crippen LogP contribution in [0.4, 0.5) is 0 Å². The van der Waals surface area contributed by atoms with Crippen LogP contribution in [0.25, 0.3) is 21.8 Å². The van der Waals surface area contributed by atoms with E-state index in [4.69, 9.17) is 0 Å². The molecule has 34 heavy (non-hydrogen) atoms. The van der Waals surface area contributed by atoms with Gasteiger partial charge in [0.1, 0.15) is 5.52 Å². The molecule has 1 atom stereocenters. The van der Waals surface area contributed by atoms with Crippen molar-refractivity contribution < 1.29 is 9.59 Å². The summed E-state index contributed by atoms with van der Waals surface area (Å²) < 4.78 is 1.87. The van der Waals surface area contributed by atoms with E-state index in [9.17, 15) is 9.59 Å². The topological polar surface area (TPSA) is 88.9 Å². The number of aryl methyl sites for hydroxylation is 1. The van der Waals surface area contributed by atoms with Crippen molar-refractivity contribution in [3.8, 4) is 0 Å². The molecule has 1 aliphatic heterocycles. The minimum Gasteiger partial charge on any atom is -0.356 e. The molecule has 1 saturated heterocycles. The van der Waals surface area contributed by atoms with Gasteiger partial charge in [-0.05, 0) is 54.2 Å². The molecule has 1 fully saturated rings. The summed E-state index contributed by atoms with van der Waals surface area (Å²) in [5.74, 6) is 0.0857. The third-order valence-electron chi connectivity index (χ3n) is 6.76. The third kappa shape index (κ3) is 4.78. The first-order valence-electron chi connectivity index (χ1n) is 11.9. The van der Waals surface area contributed by atoms with Crippen LogP contribution >= 0.6 is 0 Å². The van der Waals surface area contributed by atoms with E-state index in [0.29, 0.717) is 32.4 Å². The molecule has 1 aliphatic rings. The molecular formula is C27H29N5O2. The lowest BCUT2D eigenvalue weighted by molar-refractivity contribution is -0.122. The van der Waals surface area contributed by atoms with Gasteiger partial charge in [0, 0.05) is 31.5 Å². The summed E-state index contributed by atoms with van der Waals surface area (Å²) >= 11 is 0. The minimum atomic E-state index is -0.377. The third-order valence-corrected chi connectivity index (χ3v) is 6.76. The van der Waals surface area contributed by atoms with Crippen molar-refractivity contribution in [2.45, 2.75) is 50.6 Å². The standard InChI is InChI=1S/C27H29N5O2/c33-25(28-17-6-18-32-24-12-4-3-11-23(24)30-31-32)13-15-27(16-14-26(34)29-27)19-21-9-5-8-20-7-1-2-10-22(20)21/h1-5,7-12H,6,13-19H2,(H,28,33)(H,29,34). The van der Waals surface area contributed by atoms with Crippen LogP contribution in [0.5, 0.6) is 0 Å². The Kier molecular flexibility index (Phi) is 6.25. The Labute approximate surface area is 198 Å². The molecular weight excluding hydrogens is 426 g/mol. The zero-order chi connectivity index (χ0) is 23.4. The number of nitrogens with zero attached hydrogens (tertiary/aromatic N) is 3. The van der Waals surface area contributed by atoms with Crippen LogP contribution in [0.1, 0.15) is 37.7 Å². The second-order valence-corrected chi connectivity index (χ2v) is 9.15. The van der Waals surface area contributed by atoms with Crippen LogP contribution in [0, 0.1) is 0 Å². The smallest absolute Gasteiger partial charge is 0.220 e. The zero-order valence-corrected chi connectivity index (χ0v) is 19.2. The van der Waals surface area contributed by atoms with Crippen LogP contribution in [-0.2, 0) is 22.6 Å². The number of fused-ring (bicyclic) bond motifs is 2. The van der Waals surface area contributed by atoms with E-state index in [2.05, 4.69) is 51.3 Å². The number of carbonyl (C=O) groups excluding carboxylic acids is 2. The van der Waals surface area contributed by atoms with Gasteiger partial charge in [-0.3, -0.25) is 9.59 Å². The average Bonchev–Trinajstić information content (AvgIpc) is 3.44. The van der Waals surface area contributed by atoms with E-state index in [1.807, 2.05) is 41.1 Å². The second-order valence-electron chi connectivity index (χ2n) is 9.15. The van der Waals surface area contributed by atoms with E-state index in [-0.39, 0.29) is 17.4 Å². The Balaban J connectivity index is 1.16. The number of para-hydroxylation sites is 1. The molecule has 7 heteroatoms. The molecule has 0 bridgehead atoms. The van der Waals surface area contributed by atoms with E-state index in [1.54, 1.807) is 0 Å². The number of nitrogens with one attached hydrogen (secondary N) is 2. The summed E-state index contributed by atoms with van der Waals surface area (Å²) in [6, 6.07) is 22.5. The molecule has 0 saturated carbocycles. The number of hydrogen-bond donors (Lipinski definition) is 2. The molecule has 0 spiro atoms. The van der Waals surface area contributed by atoms with Gasteiger partial charge in [0.2, 0.25) is 11.8 Å². The number of benzene rings is 3. The van der Waals surface area contributed by atoms with Gasteiger partial charge in [-0.15, -0.1) is 5.10 Å². The summed E-state index contributed by atoms with van der Waals surface area (Å²) in [6.07, 6.45) is 3.78. The maximum atomic E-state index is 12.6. The van der Waals surface area contributed by atoms with Crippen LogP contribution in [0.15, 0.2) is 66.7 Å². The molecule has 5 rings (SSSR count). The normalized spacial score (nSPS) is 17.8. The van der Waals surface area contributed by atoms with Gasteiger partial charge in [0.25, 0.3) is 0 Å². The van der Waals surface area contributed by atoms with Crippen LogP contribution in [-0.4, -0.2) is 38.9 Å². The number of amides is 2. The summed E-state index contributed by atoms with van der Waals surface area (Å²) in [4.78, 5) is 24.8. The summed E-state index contributed by atoms with van der Waals surface area (Å²) in [6.45, 7) is 1.28. The van der Waals surface area contributed by atoms with E-state index >= 15 is 0 Å². The van der Waals surface area contributed by atoms with Gasteiger partial charge in [0.05, 0.1) is 5.52 Å². The van der Waals surface area contributed by atoms with E-state index < -0.39 is 0 Å². The summed E-state index contributed by atoms with van der Waals surface area (Å²) in [5, 5.41) is 17.0. The average molecular weight is 456 g/mol. The highest BCUT2D eigenvalue weighted by molar-refractivity contribution is 5.86. The fourth-order valence-electron chi connectivity index (χ4n) is 4.97. The van der Waals surface area contributed by atoms with Crippen molar-refractivity contribution in [3.63, 3.8) is 0 Å². The fourth-order valence-corrected chi connectivity index (χ4v) is 4.97. The monoisotopic (exact) mass is 455 g/mol. The maximum absolute atomic E-state index is 12.6. The molecule has 2 amide bonds. The second kappa shape index (κ2) is 9.63. The van der Waals surface area contributed by atoms with Gasteiger partial charge in [-0.1, -0.05) is 59.8 Å². The molecule has 2 N–H and O–H groups in total. The maximum Gasteiger partial charge on any atom is 0.220 e. The predicted molar refractivity (Wildman–Crippen MR) is 132 cm³/mol. The number of hydrogen-bond acceptors (Lipinski definition) is 4. The van der Waals surface area contributed by atoms with Gasteiger partial charge >= 0.3 is 0 Å². The zero-order valence-electron chi connectivity index (χ0n) is 19.2. The van der Waals surface area contributed by atoms with Crippen molar-refractivity contribution in [1.29, 1.82) is 0 Å². The number of aromatic nitrogens is 3. The molecule has 0 radical (unpaired) electrons. The minimum absolute atomic E-state index is 0.0156. The van der Waals surface area contributed by atoms with Crippen LogP contribution in [0.3, 0.4) is 0 Å². The summed E-state index contributed by atoms with van der Waals surface area (Å²) in [5.41, 5.74) is 2.71. The molecule has 1 unspecified atom stereocenters. The first-order valence-corrected chi connectivity index (χ1v) is 11.9. The van der Waals surface area contributed by atoms with Gasteiger partial charge < -0.3 is 10.6 Å². The van der Waals surface area contributed by atoms with Crippen molar-refractivity contribution in [2.75, 3.05) is 6.54 Å². The number of rotatable bonds is 9. The molecule has 0 aliphatic carbocycles. The van der Waals surface area contributed by atoms with Gasteiger partial charge in [-0.25, -0.2) is 4.68 Å². The van der Waals surface area contributed by atoms with E-state index in [0.717, 1.165) is 30.3 Å². The lowest BCUT2D eigenvalue weighted by Crippen LogP contribution is -2.44. The summed E-state index contributed by atoms with van der Waals surface area (Å²) in [7, 11) is 0. The van der Waals surface area contributed by atoms with Crippen molar-refractivity contribution in [2.24, 2.45) is 0 Å². The predicted octanol–water partition coefficient (Wildman–Crippen LogP) is 3.76. The molecule has 2 heterocycles. The Morgan fingerprint density at radius 1 is 1.06 bits per heavy atom. The Bertz CT molecular complexity index is 1330. The largest absolute Gasteiger partial charge is 0.356 e. The number of carbonyl (C=O) groups is 2. The van der Waals surface area contributed by atoms with Crippen LogP contribution in [0.2, 0.25) is 0 Å². The van der Waals surface area contributed by atoms with Crippen LogP contribution < -0.4 is 10.6 Å². The van der Waals surface area contributed by atoms with Gasteiger partial charge in [-0.2, -0.15) is 0 Å². The van der Waals surface area contributed by atoms with E-state index in [1.165, 1.54) is 16.3 Å².